The fraction of sp³-hybridized carbons (Fsp3) is 0.522. The Hall–Kier alpha value is -1.89. The minimum absolute atomic E-state index is 0.0733. The summed E-state index contributed by atoms with van der Waals surface area (Å²) in [7, 11) is 1.72. The lowest BCUT2D eigenvalue weighted by molar-refractivity contribution is -0.151. The molecule has 4 rings (SSSR count). The van der Waals surface area contributed by atoms with E-state index in [9.17, 15) is 4.79 Å². The second-order valence-corrected chi connectivity index (χ2v) is 9.09. The van der Waals surface area contributed by atoms with Gasteiger partial charge in [-0.3, -0.25) is 9.69 Å². The summed E-state index contributed by atoms with van der Waals surface area (Å²) in [5.41, 5.74) is 0.907. The van der Waals surface area contributed by atoms with E-state index in [0.29, 0.717) is 13.0 Å². The van der Waals surface area contributed by atoms with E-state index in [4.69, 9.17) is 9.47 Å². The first-order chi connectivity index (χ1) is 14.2. The predicted molar refractivity (Wildman–Crippen MR) is 115 cm³/mol. The Kier molecular flexibility index (Phi) is 6.53. The van der Waals surface area contributed by atoms with Crippen LogP contribution in [0, 0.1) is 0 Å². The quantitative estimate of drug-likeness (QED) is 0.784. The lowest BCUT2D eigenvalue weighted by atomic mass is 9.78. The Morgan fingerprint density at radius 2 is 2.21 bits per heavy atom. The predicted octanol–water partition coefficient (Wildman–Crippen LogP) is 3.63. The SMILES string of the molecule is COc1ccccc1CN1CCO[C@]2(CCCC[C@H]2NC(=O)Cc2cccs2)C1. The number of para-hydroxylation sites is 1. The third kappa shape index (κ3) is 4.82. The van der Waals surface area contributed by atoms with Crippen LogP contribution in [-0.2, 0) is 22.5 Å². The number of morpholine rings is 1. The first kappa shape index (κ1) is 20.4. The van der Waals surface area contributed by atoms with Crippen LogP contribution in [0.5, 0.6) is 5.75 Å². The van der Waals surface area contributed by atoms with Crippen molar-refractivity contribution in [2.24, 2.45) is 0 Å². The number of nitrogens with one attached hydrogen (secondary N) is 1. The van der Waals surface area contributed by atoms with Gasteiger partial charge in [-0.25, -0.2) is 0 Å². The molecule has 0 unspecified atom stereocenters. The summed E-state index contributed by atoms with van der Waals surface area (Å²) in [6, 6.07) is 12.3. The van der Waals surface area contributed by atoms with E-state index < -0.39 is 0 Å². The van der Waals surface area contributed by atoms with E-state index in [0.717, 1.165) is 55.9 Å². The minimum atomic E-state index is -0.288. The number of carbonyl (C=O) groups excluding carboxylic acids is 1. The van der Waals surface area contributed by atoms with Gasteiger partial charge in [0, 0.05) is 30.1 Å². The fourth-order valence-corrected chi connectivity index (χ4v) is 5.39. The second kappa shape index (κ2) is 9.28. The molecule has 6 heteroatoms. The molecule has 1 aromatic carbocycles. The van der Waals surface area contributed by atoms with Crippen LogP contribution < -0.4 is 10.1 Å². The monoisotopic (exact) mass is 414 g/mol. The van der Waals surface area contributed by atoms with Crippen molar-refractivity contribution in [1.82, 2.24) is 10.2 Å². The number of ether oxygens (including phenoxy) is 2. The molecule has 0 bridgehead atoms. The standard InChI is InChI=1S/C23H30N2O3S/c1-27-20-9-3-2-7-18(20)16-25-12-13-28-23(17-25)11-5-4-10-21(23)24-22(26)15-19-8-6-14-29-19/h2-3,6-9,14,21H,4-5,10-13,15-17H2,1H3,(H,24,26)/t21-,23-/m1/s1. The zero-order valence-corrected chi connectivity index (χ0v) is 17.9. The number of thiophene rings is 1. The van der Waals surface area contributed by atoms with Crippen LogP contribution in [0.15, 0.2) is 41.8 Å². The molecule has 2 heterocycles. The Bertz CT molecular complexity index is 806. The average Bonchev–Trinajstić information content (AvgIpc) is 3.23. The van der Waals surface area contributed by atoms with Crippen molar-refractivity contribution < 1.29 is 14.3 Å². The van der Waals surface area contributed by atoms with Crippen molar-refractivity contribution in [2.45, 2.75) is 50.3 Å². The maximum Gasteiger partial charge on any atom is 0.225 e. The highest BCUT2D eigenvalue weighted by Crippen LogP contribution is 2.36. The highest BCUT2D eigenvalue weighted by atomic mass is 32.1. The summed E-state index contributed by atoms with van der Waals surface area (Å²) >= 11 is 1.63. The van der Waals surface area contributed by atoms with Crippen LogP contribution in [0.3, 0.4) is 0 Å². The summed E-state index contributed by atoms with van der Waals surface area (Å²) in [6.45, 7) is 3.28. The molecule has 1 spiro atoms. The van der Waals surface area contributed by atoms with Crippen molar-refractivity contribution in [3.63, 3.8) is 0 Å². The maximum absolute atomic E-state index is 12.7. The lowest BCUT2D eigenvalue weighted by Crippen LogP contribution is -2.64. The fourth-order valence-electron chi connectivity index (χ4n) is 4.68. The lowest BCUT2D eigenvalue weighted by Gasteiger charge is -2.49. The second-order valence-electron chi connectivity index (χ2n) is 8.06. The molecule has 29 heavy (non-hydrogen) atoms. The Morgan fingerprint density at radius 3 is 3.03 bits per heavy atom. The van der Waals surface area contributed by atoms with Crippen molar-refractivity contribution in [3.8, 4) is 5.75 Å². The van der Waals surface area contributed by atoms with Gasteiger partial charge in [-0.2, -0.15) is 0 Å². The molecule has 1 saturated carbocycles. The Morgan fingerprint density at radius 1 is 1.31 bits per heavy atom. The molecule has 1 saturated heterocycles. The molecule has 1 aromatic heterocycles. The minimum Gasteiger partial charge on any atom is -0.496 e. The molecule has 1 aliphatic carbocycles. The molecule has 1 amide bonds. The van der Waals surface area contributed by atoms with Gasteiger partial charge in [-0.05, 0) is 30.4 Å². The van der Waals surface area contributed by atoms with E-state index in [1.54, 1.807) is 18.4 Å². The summed E-state index contributed by atoms with van der Waals surface area (Å²) in [6.07, 6.45) is 4.73. The van der Waals surface area contributed by atoms with Gasteiger partial charge in [0.15, 0.2) is 0 Å². The summed E-state index contributed by atoms with van der Waals surface area (Å²) in [5.74, 6) is 1.03. The van der Waals surface area contributed by atoms with E-state index in [1.807, 2.05) is 29.6 Å². The van der Waals surface area contributed by atoms with E-state index in [1.165, 1.54) is 5.56 Å². The van der Waals surface area contributed by atoms with Gasteiger partial charge in [-0.1, -0.05) is 37.1 Å². The largest absolute Gasteiger partial charge is 0.496 e. The number of amides is 1. The number of rotatable bonds is 6. The third-order valence-electron chi connectivity index (χ3n) is 6.10. The van der Waals surface area contributed by atoms with Gasteiger partial charge >= 0.3 is 0 Å². The zero-order chi connectivity index (χ0) is 20.1. The van der Waals surface area contributed by atoms with Gasteiger partial charge in [0.05, 0.1) is 26.2 Å². The van der Waals surface area contributed by atoms with Crippen LogP contribution in [0.2, 0.25) is 0 Å². The van der Waals surface area contributed by atoms with Crippen LogP contribution in [0.1, 0.15) is 36.1 Å². The molecule has 2 atom stereocenters. The Labute approximate surface area is 177 Å². The average molecular weight is 415 g/mol. The molecule has 1 aliphatic heterocycles. The van der Waals surface area contributed by atoms with Crippen molar-refractivity contribution >= 4 is 17.2 Å². The highest BCUT2D eigenvalue weighted by Gasteiger charge is 2.45. The zero-order valence-electron chi connectivity index (χ0n) is 17.1. The number of carbonyl (C=O) groups is 1. The van der Waals surface area contributed by atoms with E-state index in [2.05, 4.69) is 22.3 Å². The highest BCUT2D eigenvalue weighted by molar-refractivity contribution is 7.10. The molecule has 156 valence electrons. The molecule has 5 nitrogen and oxygen atoms in total. The third-order valence-corrected chi connectivity index (χ3v) is 6.98. The van der Waals surface area contributed by atoms with Crippen LogP contribution in [0.25, 0.3) is 0 Å². The van der Waals surface area contributed by atoms with Gasteiger partial charge in [-0.15, -0.1) is 11.3 Å². The first-order valence-corrected chi connectivity index (χ1v) is 11.4. The number of nitrogens with zero attached hydrogens (tertiary/aromatic N) is 1. The van der Waals surface area contributed by atoms with Crippen LogP contribution in [-0.4, -0.2) is 49.3 Å². The van der Waals surface area contributed by atoms with Crippen molar-refractivity contribution in [3.05, 3.63) is 52.2 Å². The van der Waals surface area contributed by atoms with Crippen LogP contribution >= 0.6 is 11.3 Å². The molecule has 2 fully saturated rings. The van der Waals surface area contributed by atoms with Gasteiger partial charge in [0.2, 0.25) is 5.91 Å². The molecule has 2 aliphatic rings. The maximum atomic E-state index is 12.7. The number of benzene rings is 1. The summed E-state index contributed by atoms with van der Waals surface area (Å²) in [4.78, 5) is 16.2. The van der Waals surface area contributed by atoms with Gasteiger partial charge < -0.3 is 14.8 Å². The summed E-state index contributed by atoms with van der Waals surface area (Å²) in [5, 5.41) is 5.33. The van der Waals surface area contributed by atoms with E-state index >= 15 is 0 Å². The molecular formula is C23H30N2O3S. The first-order valence-electron chi connectivity index (χ1n) is 10.5. The van der Waals surface area contributed by atoms with Gasteiger partial charge in [0.1, 0.15) is 11.4 Å². The molecule has 0 radical (unpaired) electrons. The van der Waals surface area contributed by atoms with Gasteiger partial charge in [0.25, 0.3) is 0 Å². The number of hydrogen-bond donors (Lipinski definition) is 1. The topological polar surface area (TPSA) is 50.8 Å². The van der Waals surface area contributed by atoms with E-state index in [-0.39, 0.29) is 17.6 Å². The van der Waals surface area contributed by atoms with Crippen molar-refractivity contribution in [2.75, 3.05) is 26.8 Å². The summed E-state index contributed by atoms with van der Waals surface area (Å²) < 4.78 is 11.9. The van der Waals surface area contributed by atoms with Crippen molar-refractivity contribution in [1.29, 1.82) is 0 Å². The smallest absolute Gasteiger partial charge is 0.225 e. The Balaban J connectivity index is 1.44. The number of hydrogen-bond acceptors (Lipinski definition) is 5. The number of methoxy groups -OCH3 is 1. The molecular weight excluding hydrogens is 384 g/mol. The molecule has 2 aromatic rings. The molecule has 1 N–H and O–H groups in total. The van der Waals surface area contributed by atoms with Crippen LogP contribution in [0.4, 0.5) is 0 Å². The normalized spacial score (nSPS) is 25.1.